The first kappa shape index (κ1) is 17.5. The molecule has 2 aromatic heterocycles. The number of ether oxygens (including phenoxy) is 1. The van der Waals surface area contributed by atoms with Crippen molar-refractivity contribution >= 4 is 5.91 Å². The molecule has 1 saturated heterocycles. The number of nitrogens with zero attached hydrogens (tertiary/aromatic N) is 4. The molecule has 1 aliphatic rings. The Morgan fingerprint density at radius 2 is 2.12 bits per heavy atom. The van der Waals surface area contributed by atoms with Crippen LogP contribution in [-0.4, -0.2) is 32.0 Å². The minimum absolute atomic E-state index is 0.0562. The molecule has 0 bridgehead atoms. The zero-order valence-corrected chi connectivity index (χ0v) is 14.9. The van der Waals surface area contributed by atoms with Crippen LogP contribution >= 0.6 is 0 Å². The first-order valence-corrected chi connectivity index (χ1v) is 8.83. The number of hydrogen-bond acceptors (Lipinski definition) is 5. The van der Waals surface area contributed by atoms with Gasteiger partial charge in [-0.3, -0.25) is 4.79 Å². The van der Waals surface area contributed by atoms with Gasteiger partial charge in [0.05, 0.1) is 0 Å². The summed E-state index contributed by atoms with van der Waals surface area (Å²) in [6.45, 7) is 5.50. The van der Waals surface area contributed by atoms with Crippen molar-refractivity contribution in [3.63, 3.8) is 0 Å². The summed E-state index contributed by atoms with van der Waals surface area (Å²) >= 11 is 0. The fourth-order valence-corrected chi connectivity index (χ4v) is 3.04. The molecule has 134 valence electrons. The maximum atomic E-state index is 12.1. The second-order valence-electron chi connectivity index (χ2n) is 6.55. The number of amides is 1. The highest BCUT2D eigenvalue weighted by atomic mass is 16.5. The van der Waals surface area contributed by atoms with Gasteiger partial charge in [-0.2, -0.15) is 0 Å². The Morgan fingerprint density at radius 1 is 1.32 bits per heavy atom. The van der Waals surface area contributed by atoms with Gasteiger partial charge in [0.1, 0.15) is 18.0 Å². The van der Waals surface area contributed by atoms with E-state index < -0.39 is 5.60 Å². The summed E-state index contributed by atoms with van der Waals surface area (Å²) in [6, 6.07) is 0. The van der Waals surface area contributed by atoms with Crippen molar-refractivity contribution in [2.45, 2.75) is 58.2 Å². The Balaban J connectivity index is 1.54. The highest BCUT2D eigenvalue weighted by Crippen LogP contribution is 2.32. The van der Waals surface area contributed by atoms with Crippen molar-refractivity contribution < 1.29 is 9.53 Å². The molecular weight excluding hydrogens is 318 g/mol. The van der Waals surface area contributed by atoms with E-state index in [9.17, 15) is 4.79 Å². The lowest BCUT2D eigenvalue weighted by molar-refractivity contribution is -0.121. The summed E-state index contributed by atoms with van der Waals surface area (Å²) in [5, 5.41) is 2.90. The number of nitrogens with one attached hydrogen (secondary N) is 1. The molecule has 1 N–H and O–H groups in total. The van der Waals surface area contributed by atoms with E-state index in [2.05, 4.69) is 20.3 Å². The number of aromatic nitrogens is 4. The summed E-state index contributed by atoms with van der Waals surface area (Å²) in [6.07, 6.45) is 11.0. The molecule has 1 amide bonds. The Hall–Kier alpha value is -2.28. The van der Waals surface area contributed by atoms with Gasteiger partial charge in [-0.15, -0.1) is 0 Å². The van der Waals surface area contributed by atoms with E-state index >= 15 is 0 Å². The maximum Gasteiger partial charge on any atom is 0.240 e. The largest absolute Gasteiger partial charge is 0.367 e. The fraction of sp³-hybridized carbons (Fsp3) is 0.556. The summed E-state index contributed by atoms with van der Waals surface area (Å²) in [4.78, 5) is 25.2. The Labute approximate surface area is 147 Å². The van der Waals surface area contributed by atoms with Gasteiger partial charge in [0.15, 0.2) is 5.82 Å². The third-order valence-corrected chi connectivity index (χ3v) is 4.57. The van der Waals surface area contributed by atoms with E-state index in [1.54, 1.807) is 18.6 Å². The van der Waals surface area contributed by atoms with Crippen molar-refractivity contribution in [2.24, 2.45) is 0 Å². The lowest BCUT2D eigenvalue weighted by Gasteiger charge is -2.32. The van der Waals surface area contributed by atoms with Crippen LogP contribution in [0.15, 0.2) is 24.8 Å². The molecule has 2 aromatic rings. The summed E-state index contributed by atoms with van der Waals surface area (Å²) in [5.41, 5.74) is 0.482. The highest BCUT2D eigenvalue weighted by molar-refractivity contribution is 5.75. The molecule has 25 heavy (non-hydrogen) atoms. The molecular formula is C18H25N5O2. The Bertz CT molecular complexity index is 705. The first-order valence-electron chi connectivity index (χ1n) is 8.83. The zero-order valence-electron chi connectivity index (χ0n) is 14.9. The van der Waals surface area contributed by atoms with Crippen LogP contribution < -0.4 is 5.32 Å². The second-order valence-corrected chi connectivity index (χ2v) is 6.55. The molecule has 3 heterocycles. The van der Waals surface area contributed by atoms with Crippen molar-refractivity contribution in [1.82, 2.24) is 24.8 Å². The van der Waals surface area contributed by atoms with Gasteiger partial charge in [0.25, 0.3) is 0 Å². The minimum atomic E-state index is -0.391. The van der Waals surface area contributed by atoms with Crippen LogP contribution in [0, 0.1) is 0 Å². The lowest BCUT2D eigenvalue weighted by atomic mass is 9.95. The summed E-state index contributed by atoms with van der Waals surface area (Å²) in [7, 11) is 0. The quantitative estimate of drug-likeness (QED) is 0.867. The molecule has 1 fully saturated rings. The number of carbonyl (C=O) groups excluding carboxylic acids is 1. The predicted molar refractivity (Wildman–Crippen MR) is 92.6 cm³/mol. The third kappa shape index (κ3) is 4.22. The van der Waals surface area contributed by atoms with Crippen molar-refractivity contribution in [3.8, 4) is 0 Å². The fourth-order valence-electron chi connectivity index (χ4n) is 3.04. The number of rotatable bonds is 6. The summed E-state index contributed by atoms with van der Waals surface area (Å²) in [5.74, 6) is 1.57. The van der Waals surface area contributed by atoms with Gasteiger partial charge in [-0.05, 0) is 26.2 Å². The zero-order chi connectivity index (χ0) is 17.7. The van der Waals surface area contributed by atoms with Crippen LogP contribution in [-0.2, 0) is 34.6 Å². The number of carbonyl (C=O) groups is 1. The average molecular weight is 343 g/mol. The van der Waals surface area contributed by atoms with Gasteiger partial charge >= 0.3 is 0 Å². The molecule has 7 heteroatoms. The molecule has 0 spiro atoms. The van der Waals surface area contributed by atoms with Gasteiger partial charge < -0.3 is 14.6 Å². The normalized spacial score (nSPS) is 20.4. The number of imidazole rings is 1. The van der Waals surface area contributed by atoms with Crippen molar-refractivity contribution in [3.05, 3.63) is 42.0 Å². The standard InChI is InChI=1S/C18H25N5O2/c1-3-15-19-7-8-23(15)13-16(24)20-10-14-11-21-17(22-12-14)18(2)6-4-5-9-25-18/h7-8,11-12H,3-6,9-10,13H2,1-2H3,(H,20,24)/t18-/m1/s1. The van der Waals surface area contributed by atoms with Crippen LogP contribution in [0.25, 0.3) is 0 Å². The van der Waals surface area contributed by atoms with Crippen LogP contribution in [0.4, 0.5) is 0 Å². The molecule has 0 unspecified atom stereocenters. The van der Waals surface area contributed by atoms with E-state index in [0.717, 1.165) is 43.7 Å². The van der Waals surface area contributed by atoms with E-state index in [-0.39, 0.29) is 12.5 Å². The van der Waals surface area contributed by atoms with E-state index in [1.807, 2.05) is 24.6 Å². The SMILES string of the molecule is CCc1nccn1CC(=O)NCc1cnc([C@@]2(C)CCCCO2)nc1. The van der Waals surface area contributed by atoms with E-state index in [1.165, 1.54) is 0 Å². The number of aryl methyl sites for hydroxylation is 1. The van der Waals surface area contributed by atoms with Crippen LogP contribution in [0.3, 0.4) is 0 Å². The average Bonchev–Trinajstić information content (AvgIpc) is 3.08. The molecule has 7 nitrogen and oxygen atoms in total. The monoisotopic (exact) mass is 343 g/mol. The van der Waals surface area contributed by atoms with Gasteiger partial charge in [-0.1, -0.05) is 6.92 Å². The minimum Gasteiger partial charge on any atom is -0.367 e. The molecule has 0 radical (unpaired) electrons. The predicted octanol–water partition coefficient (Wildman–Crippen LogP) is 1.97. The lowest BCUT2D eigenvalue weighted by Crippen LogP contribution is -2.32. The second kappa shape index (κ2) is 7.74. The van der Waals surface area contributed by atoms with E-state index in [0.29, 0.717) is 12.4 Å². The molecule has 0 aromatic carbocycles. The van der Waals surface area contributed by atoms with Crippen LogP contribution in [0.5, 0.6) is 0 Å². The first-order chi connectivity index (χ1) is 12.1. The van der Waals surface area contributed by atoms with Gasteiger partial charge in [0, 0.05) is 49.9 Å². The van der Waals surface area contributed by atoms with Crippen LogP contribution in [0.1, 0.15) is 50.3 Å². The van der Waals surface area contributed by atoms with Crippen LogP contribution in [0.2, 0.25) is 0 Å². The van der Waals surface area contributed by atoms with Crippen molar-refractivity contribution in [2.75, 3.05) is 6.61 Å². The Morgan fingerprint density at radius 3 is 2.80 bits per heavy atom. The molecule has 1 atom stereocenters. The smallest absolute Gasteiger partial charge is 0.240 e. The number of hydrogen-bond donors (Lipinski definition) is 1. The van der Waals surface area contributed by atoms with E-state index in [4.69, 9.17) is 4.74 Å². The third-order valence-electron chi connectivity index (χ3n) is 4.57. The van der Waals surface area contributed by atoms with Gasteiger partial charge in [0.2, 0.25) is 5.91 Å². The molecule has 1 aliphatic heterocycles. The molecule has 0 aliphatic carbocycles. The highest BCUT2D eigenvalue weighted by Gasteiger charge is 2.32. The molecule has 0 saturated carbocycles. The maximum absolute atomic E-state index is 12.1. The Kier molecular flexibility index (Phi) is 5.43. The topological polar surface area (TPSA) is 81.9 Å². The van der Waals surface area contributed by atoms with Gasteiger partial charge in [-0.25, -0.2) is 15.0 Å². The summed E-state index contributed by atoms with van der Waals surface area (Å²) < 4.78 is 7.72. The molecule has 3 rings (SSSR count). The van der Waals surface area contributed by atoms with Crippen molar-refractivity contribution in [1.29, 1.82) is 0 Å².